The van der Waals surface area contributed by atoms with E-state index in [0.29, 0.717) is 18.7 Å². The maximum Gasteiger partial charge on any atom is 0.312 e. The van der Waals surface area contributed by atoms with E-state index in [0.717, 1.165) is 5.56 Å². The summed E-state index contributed by atoms with van der Waals surface area (Å²) in [6, 6.07) is 15.0. The first-order chi connectivity index (χ1) is 15.1. The lowest BCUT2D eigenvalue weighted by molar-refractivity contribution is -0.157. The number of hydrogen-bond donors (Lipinski definition) is 2. The highest BCUT2D eigenvalue weighted by molar-refractivity contribution is 7.89. The molecule has 1 heterocycles. The summed E-state index contributed by atoms with van der Waals surface area (Å²) in [4.78, 5) is 38.6. The summed E-state index contributed by atoms with van der Waals surface area (Å²) in [5, 5.41) is 7.58. The van der Waals surface area contributed by atoms with Gasteiger partial charge in [-0.05, 0) is 43.2 Å². The van der Waals surface area contributed by atoms with Gasteiger partial charge in [-0.3, -0.25) is 14.4 Å². The third-order valence-electron chi connectivity index (χ3n) is 5.17. The van der Waals surface area contributed by atoms with Crippen molar-refractivity contribution < 1.29 is 27.5 Å². The summed E-state index contributed by atoms with van der Waals surface area (Å²) in [6.45, 7) is 2.20. The lowest BCUT2D eigenvalue weighted by Gasteiger charge is -2.18. The molecule has 0 aliphatic carbocycles. The Morgan fingerprint density at radius 1 is 1.16 bits per heavy atom. The minimum Gasteiger partial charge on any atom is -0.452 e. The average Bonchev–Trinajstić information content (AvgIpc) is 3.13. The number of nitrogens with one attached hydrogen (secondary N) is 1. The molecular formula is C22H25N3O6S. The molecule has 0 spiro atoms. The van der Waals surface area contributed by atoms with Gasteiger partial charge in [-0.15, -0.1) is 0 Å². The Morgan fingerprint density at radius 2 is 1.81 bits per heavy atom. The van der Waals surface area contributed by atoms with Crippen molar-refractivity contribution >= 4 is 33.5 Å². The van der Waals surface area contributed by atoms with Gasteiger partial charge in [-0.1, -0.05) is 30.3 Å². The molecular weight excluding hydrogens is 434 g/mol. The molecule has 1 aliphatic heterocycles. The Bertz CT molecular complexity index is 1090. The third-order valence-corrected chi connectivity index (χ3v) is 6.10. The number of benzene rings is 2. The molecule has 10 heteroatoms. The van der Waals surface area contributed by atoms with Gasteiger partial charge in [0.1, 0.15) is 0 Å². The second-order valence-electron chi connectivity index (χ2n) is 7.61. The second kappa shape index (κ2) is 9.92. The zero-order valence-electron chi connectivity index (χ0n) is 17.6. The zero-order chi connectivity index (χ0) is 23.3. The summed E-state index contributed by atoms with van der Waals surface area (Å²) in [5.41, 5.74) is 1.43. The topological polar surface area (TPSA) is 136 Å². The number of primary sulfonamides is 1. The predicted molar refractivity (Wildman–Crippen MR) is 117 cm³/mol. The maximum atomic E-state index is 12.5. The molecule has 2 atom stereocenters. The third kappa shape index (κ3) is 6.14. The summed E-state index contributed by atoms with van der Waals surface area (Å²) in [5.74, 6) is -1.92. The molecule has 170 valence electrons. The van der Waals surface area contributed by atoms with Crippen LogP contribution in [0.4, 0.5) is 5.69 Å². The van der Waals surface area contributed by atoms with E-state index in [1.807, 2.05) is 30.3 Å². The summed E-state index contributed by atoms with van der Waals surface area (Å²) in [6.07, 6.45) is -0.345. The molecule has 3 rings (SSSR count). The molecule has 0 aromatic heterocycles. The SMILES string of the molecule is C[C@H](OC(=O)[C@@H]1CC(=O)N(CCc2ccccc2)C1)C(=O)Nc1ccc(S(N)(=O)=O)cc1. The number of rotatable bonds is 8. The molecule has 3 N–H and O–H groups in total. The molecule has 32 heavy (non-hydrogen) atoms. The Kier molecular flexibility index (Phi) is 7.26. The molecule has 9 nitrogen and oxygen atoms in total. The molecule has 1 saturated heterocycles. The molecule has 0 bridgehead atoms. The van der Waals surface area contributed by atoms with E-state index in [-0.39, 0.29) is 23.8 Å². The first-order valence-corrected chi connectivity index (χ1v) is 11.6. The maximum absolute atomic E-state index is 12.5. The number of carbonyl (C=O) groups excluding carboxylic acids is 3. The average molecular weight is 460 g/mol. The van der Waals surface area contributed by atoms with Crippen LogP contribution in [0.25, 0.3) is 0 Å². The molecule has 0 saturated carbocycles. The van der Waals surface area contributed by atoms with Gasteiger partial charge in [0.15, 0.2) is 6.10 Å². The number of nitrogens with two attached hydrogens (primary N) is 1. The Labute approximate surface area is 186 Å². The van der Waals surface area contributed by atoms with Crippen molar-refractivity contribution in [3.05, 3.63) is 60.2 Å². The number of amides is 2. The minimum absolute atomic E-state index is 0.0526. The Hall–Kier alpha value is -3.24. The number of esters is 1. The normalized spacial score (nSPS) is 17.1. The van der Waals surface area contributed by atoms with E-state index in [1.165, 1.54) is 31.2 Å². The van der Waals surface area contributed by atoms with Crippen molar-refractivity contribution in [2.24, 2.45) is 11.1 Å². The quantitative estimate of drug-likeness (QED) is 0.571. The van der Waals surface area contributed by atoms with Crippen LogP contribution in [0.2, 0.25) is 0 Å². The summed E-state index contributed by atoms with van der Waals surface area (Å²) >= 11 is 0. The van der Waals surface area contributed by atoms with E-state index in [4.69, 9.17) is 9.88 Å². The monoisotopic (exact) mass is 459 g/mol. The van der Waals surface area contributed by atoms with Crippen LogP contribution in [0.15, 0.2) is 59.5 Å². The molecule has 0 radical (unpaired) electrons. The fourth-order valence-corrected chi connectivity index (χ4v) is 3.87. The van der Waals surface area contributed by atoms with Crippen LogP contribution in [0.5, 0.6) is 0 Å². The number of carbonyl (C=O) groups is 3. The van der Waals surface area contributed by atoms with Gasteiger partial charge in [0.25, 0.3) is 5.91 Å². The fraction of sp³-hybridized carbons (Fsp3) is 0.318. The first-order valence-electron chi connectivity index (χ1n) is 10.1. The van der Waals surface area contributed by atoms with E-state index < -0.39 is 33.9 Å². The van der Waals surface area contributed by atoms with Crippen LogP contribution in [0.1, 0.15) is 18.9 Å². The van der Waals surface area contributed by atoms with E-state index in [2.05, 4.69) is 5.32 Å². The largest absolute Gasteiger partial charge is 0.452 e. The van der Waals surface area contributed by atoms with Crippen LogP contribution in [0.3, 0.4) is 0 Å². The van der Waals surface area contributed by atoms with Crippen LogP contribution in [-0.2, 0) is 35.6 Å². The van der Waals surface area contributed by atoms with Crippen molar-refractivity contribution in [2.45, 2.75) is 30.8 Å². The van der Waals surface area contributed by atoms with Gasteiger partial charge >= 0.3 is 5.97 Å². The Balaban J connectivity index is 1.49. The minimum atomic E-state index is -3.83. The van der Waals surface area contributed by atoms with E-state index >= 15 is 0 Å². The molecule has 2 aromatic rings. The lowest BCUT2D eigenvalue weighted by atomic mass is 10.1. The van der Waals surface area contributed by atoms with Crippen molar-refractivity contribution in [1.82, 2.24) is 4.90 Å². The standard InChI is InChI=1S/C22H25N3O6S/c1-15(21(27)24-18-7-9-19(10-8-18)32(23,29)30)31-22(28)17-13-20(26)25(14-17)12-11-16-5-3-2-4-6-16/h2-10,15,17H,11-14H2,1H3,(H,24,27)(H2,23,29,30)/t15-,17+/m0/s1. The van der Waals surface area contributed by atoms with Gasteiger partial charge in [-0.2, -0.15) is 0 Å². The van der Waals surface area contributed by atoms with Crippen LogP contribution < -0.4 is 10.5 Å². The molecule has 2 aromatic carbocycles. The number of nitrogens with zero attached hydrogens (tertiary/aromatic N) is 1. The number of ether oxygens (including phenoxy) is 1. The van der Waals surface area contributed by atoms with Crippen LogP contribution >= 0.6 is 0 Å². The van der Waals surface area contributed by atoms with Crippen molar-refractivity contribution in [3.8, 4) is 0 Å². The van der Waals surface area contributed by atoms with Gasteiger partial charge in [0, 0.05) is 25.2 Å². The fourth-order valence-electron chi connectivity index (χ4n) is 3.35. The lowest BCUT2D eigenvalue weighted by Crippen LogP contribution is -2.33. The van der Waals surface area contributed by atoms with Crippen LogP contribution in [-0.4, -0.2) is 50.3 Å². The Morgan fingerprint density at radius 3 is 2.44 bits per heavy atom. The number of anilines is 1. The van der Waals surface area contributed by atoms with Gasteiger partial charge < -0.3 is 15.0 Å². The first kappa shape index (κ1) is 23.4. The summed E-state index contributed by atoms with van der Waals surface area (Å²) in [7, 11) is -3.83. The van der Waals surface area contributed by atoms with Gasteiger partial charge in [0.2, 0.25) is 15.9 Å². The van der Waals surface area contributed by atoms with E-state index in [1.54, 1.807) is 4.90 Å². The van der Waals surface area contributed by atoms with Crippen molar-refractivity contribution in [1.29, 1.82) is 0 Å². The highest BCUT2D eigenvalue weighted by atomic mass is 32.2. The number of hydrogen-bond acceptors (Lipinski definition) is 6. The van der Waals surface area contributed by atoms with Crippen molar-refractivity contribution in [2.75, 3.05) is 18.4 Å². The highest BCUT2D eigenvalue weighted by Crippen LogP contribution is 2.21. The van der Waals surface area contributed by atoms with E-state index in [9.17, 15) is 22.8 Å². The highest BCUT2D eigenvalue weighted by Gasteiger charge is 2.36. The van der Waals surface area contributed by atoms with Crippen LogP contribution in [0, 0.1) is 5.92 Å². The molecule has 0 unspecified atom stereocenters. The summed E-state index contributed by atoms with van der Waals surface area (Å²) < 4.78 is 27.8. The molecule has 1 aliphatic rings. The van der Waals surface area contributed by atoms with Gasteiger partial charge in [-0.25, -0.2) is 13.6 Å². The smallest absolute Gasteiger partial charge is 0.312 e. The predicted octanol–water partition coefficient (Wildman–Crippen LogP) is 1.30. The second-order valence-corrected chi connectivity index (χ2v) is 9.18. The molecule has 1 fully saturated rings. The van der Waals surface area contributed by atoms with Crippen molar-refractivity contribution in [3.63, 3.8) is 0 Å². The zero-order valence-corrected chi connectivity index (χ0v) is 18.4. The molecule has 2 amide bonds. The number of likely N-dealkylation sites (tertiary alicyclic amines) is 1. The van der Waals surface area contributed by atoms with Gasteiger partial charge in [0.05, 0.1) is 10.8 Å². The number of sulfonamides is 1.